The molecular weight excluding hydrogens is 232 g/mol. The highest BCUT2D eigenvalue weighted by atomic mass is 16.3. The van der Waals surface area contributed by atoms with Crippen LogP contribution in [0.2, 0.25) is 0 Å². The maximum Gasteiger partial charge on any atom is 0.200 e. The quantitative estimate of drug-likeness (QED) is 0.363. The largest absolute Gasteiger partial charge is 0.505 e. The van der Waals surface area contributed by atoms with Crippen LogP contribution in [-0.2, 0) is 0 Å². The van der Waals surface area contributed by atoms with Crippen LogP contribution in [0.15, 0.2) is 36.4 Å². The summed E-state index contributed by atoms with van der Waals surface area (Å²) >= 11 is 0. The van der Waals surface area contributed by atoms with Gasteiger partial charge in [-0.2, -0.15) is 0 Å². The van der Waals surface area contributed by atoms with E-state index in [1.165, 1.54) is 24.3 Å². The Hall–Kier alpha value is -2.69. The molecule has 2 aromatic carbocycles. The molecule has 0 radical (unpaired) electrons. The zero-order chi connectivity index (χ0) is 13.3. The van der Waals surface area contributed by atoms with Crippen molar-refractivity contribution in [3.8, 4) is 11.5 Å². The number of aromatic hydroxyl groups is 2. The molecule has 2 rings (SSSR count). The van der Waals surface area contributed by atoms with Crippen LogP contribution >= 0.6 is 0 Å². The summed E-state index contributed by atoms with van der Waals surface area (Å²) in [6, 6.07) is 8.90. The smallest absolute Gasteiger partial charge is 0.200 e. The minimum Gasteiger partial charge on any atom is -0.505 e. The van der Waals surface area contributed by atoms with E-state index in [1.807, 2.05) is 0 Å². The van der Waals surface area contributed by atoms with Gasteiger partial charge in [0.1, 0.15) is 11.5 Å². The number of ketones is 1. The fourth-order valence-corrected chi connectivity index (χ4v) is 1.63. The Labute approximate surface area is 103 Å². The molecule has 0 fully saturated rings. The highest BCUT2D eigenvalue weighted by Gasteiger charge is 2.19. The van der Waals surface area contributed by atoms with Gasteiger partial charge in [-0.15, -0.1) is 0 Å². The Kier molecular flexibility index (Phi) is 2.81. The number of phenolic OH excluding ortho intramolecular Hbond substituents is 2. The van der Waals surface area contributed by atoms with E-state index in [4.69, 9.17) is 11.5 Å². The summed E-state index contributed by atoms with van der Waals surface area (Å²) in [5.74, 6) is -1.14. The van der Waals surface area contributed by atoms with Crippen molar-refractivity contribution in [1.82, 2.24) is 0 Å². The third kappa shape index (κ3) is 1.82. The van der Waals surface area contributed by atoms with Crippen molar-refractivity contribution in [3.63, 3.8) is 0 Å². The number of nitrogen functional groups attached to an aromatic ring is 2. The van der Waals surface area contributed by atoms with Gasteiger partial charge in [0, 0.05) is 0 Å². The van der Waals surface area contributed by atoms with Gasteiger partial charge >= 0.3 is 0 Å². The Morgan fingerprint density at radius 1 is 0.833 bits per heavy atom. The molecule has 0 aliphatic carbocycles. The summed E-state index contributed by atoms with van der Waals surface area (Å²) in [6.07, 6.45) is 0. The number of carbonyl (C=O) groups is 1. The topological polar surface area (TPSA) is 110 Å². The van der Waals surface area contributed by atoms with E-state index in [0.29, 0.717) is 0 Å². The van der Waals surface area contributed by atoms with Gasteiger partial charge in [0.15, 0.2) is 0 Å². The lowest BCUT2D eigenvalue weighted by Crippen LogP contribution is -2.04. The lowest BCUT2D eigenvalue weighted by molar-refractivity contribution is 0.103. The highest BCUT2D eigenvalue weighted by Crippen LogP contribution is 2.31. The summed E-state index contributed by atoms with van der Waals surface area (Å²) in [7, 11) is 0. The first-order chi connectivity index (χ1) is 8.52. The molecule has 0 heterocycles. The van der Waals surface area contributed by atoms with Crippen LogP contribution in [0.25, 0.3) is 0 Å². The molecule has 0 amide bonds. The van der Waals surface area contributed by atoms with Crippen LogP contribution in [0.1, 0.15) is 15.9 Å². The number of carbonyl (C=O) groups excluding carboxylic acids is 1. The maximum absolute atomic E-state index is 12.2. The van der Waals surface area contributed by atoms with Crippen LogP contribution in [0.4, 0.5) is 11.4 Å². The second-order valence-electron chi connectivity index (χ2n) is 3.82. The standard InChI is InChI=1S/C13H12N2O3/c14-9-5-1-3-7(12(9)17)11(16)8-4-2-6-10(15)13(8)18/h1-6,17-18H,14-15H2. The van der Waals surface area contributed by atoms with Gasteiger partial charge in [0.2, 0.25) is 5.78 Å². The Morgan fingerprint density at radius 3 is 1.61 bits per heavy atom. The van der Waals surface area contributed by atoms with Crippen molar-refractivity contribution in [2.24, 2.45) is 0 Å². The van der Waals surface area contributed by atoms with Crippen molar-refractivity contribution < 1.29 is 15.0 Å². The normalized spacial score (nSPS) is 10.2. The molecule has 0 saturated heterocycles. The zero-order valence-corrected chi connectivity index (χ0v) is 9.42. The van der Waals surface area contributed by atoms with Crippen molar-refractivity contribution in [2.75, 3.05) is 11.5 Å². The molecule has 0 aliphatic rings. The second kappa shape index (κ2) is 4.29. The van der Waals surface area contributed by atoms with Gasteiger partial charge in [-0.3, -0.25) is 4.79 Å². The number of nitrogens with two attached hydrogens (primary N) is 2. The average molecular weight is 244 g/mol. The average Bonchev–Trinajstić information content (AvgIpc) is 2.35. The third-order valence-electron chi connectivity index (χ3n) is 2.62. The molecule has 92 valence electrons. The van der Waals surface area contributed by atoms with E-state index in [1.54, 1.807) is 12.1 Å². The van der Waals surface area contributed by atoms with Gasteiger partial charge in [-0.1, -0.05) is 12.1 Å². The van der Waals surface area contributed by atoms with E-state index >= 15 is 0 Å². The molecule has 0 aliphatic heterocycles. The van der Waals surface area contributed by atoms with E-state index in [-0.39, 0.29) is 34.0 Å². The van der Waals surface area contributed by atoms with Gasteiger partial charge in [-0.25, -0.2) is 0 Å². The molecule has 0 saturated carbocycles. The lowest BCUT2D eigenvalue weighted by Gasteiger charge is -2.08. The number of phenols is 2. The Bertz CT molecular complexity index is 570. The summed E-state index contributed by atoms with van der Waals surface area (Å²) in [5.41, 5.74) is 11.3. The predicted octanol–water partition coefficient (Wildman–Crippen LogP) is 1.49. The number of anilines is 2. The fourth-order valence-electron chi connectivity index (χ4n) is 1.63. The Balaban J connectivity index is 2.55. The van der Waals surface area contributed by atoms with E-state index in [0.717, 1.165) is 0 Å². The van der Waals surface area contributed by atoms with Crippen molar-refractivity contribution >= 4 is 17.2 Å². The van der Waals surface area contributed by atoms with Gasteiger partial charge < -0.3 is 21.7 Å². The maximum atomic E-state index is 12.2. The minimum absolute atomic E-state index is 0.0240. The molecule has 0 spiro atoms. The van der Waals surface area contributed by atoms with Crippen LogP contribution in [0, 0.1) is 0 Å². The number of hydrogen-bond donors (Lipinski definition) is 4. The zero-order valence-electron chi connectivity index (χ0n) is 9.42. The third-order valence-corrected chi connectivity index (χ3v) is 2.62. The lowest BCUT2D eigenvalue weighted by atomic mass is 10.0. The van der Waals surface area contributed by atoms with Gasteiger partial charge in [0.05, 0.1) is 22.5 Å². The number of benzene rings is 2. The molecule has 2 aromatic rings. The molecule has 0 atom stereocenters. The fraction of sp³-hybridized carbons (Fsp3) is 0. The summed E-state index contributed by atoms with van der Waals surface area (Å²) < 4.78 is 0. The first kappa shape index (κ1) is 11.8. The van der Waals surface area contributed by atoms with Crippen LogP contribution in [0.5, 0.6) is 11.5 Å². The molecular formula is C13H12N2O3. The summed E-state index contributed by atoms with van der Waals surface area (Å²) in [6.45, 7) is 0. The van der Waals surface area contributed by atoms with Crippen LogP contribution in [-0.4, -0.2) is 16.0 Å². The minimum atomic E-state index is -0.537. The first-order valence-corrected chi connectivity index (χ1v) is 5.22. The molecule has 0 unspecified atom stereocenters. The molecule has 0 aromatic heterocycles. The molecule has 5 heteroatoms. The molecule has 5 nitrogen and oxygen atoms in total. The predicted molar refractivity (Wildman–Crippen MR) is 68.5 cm³/mol. The van der Waals surface area contributed by atoms with Crippen LogP contribution in [0.3, 0.4) is 0 Å². The van der Waals surface area contributed by atoms with Crippen molar-refractivity contribution in [2.45, 2.75) is 0 Å². The SMILES string of the molecule is Nc1cccc(C(=O)c2cccc(N)c2O)c1O. The van der Waals surface area contributed by atoms with Crippen molar-refractivity contribution in [1.29, 1.82) is 0 Å². The molecule has 18 heavy (non-hydrogen) atoms. The second-order valence-corrected chi connectivity index (χ2v) is 3.82. The molecule has 6 N–H and O–H groups in total. The first-order valence-electron chi connectivity index (χ1n) is 5.22. The van der Waals surface area contributed by atoms with Crippen LogP contribution < -0.4 is 11.5 Å². The van der Waals surface area contributed by atoms with Gasteiger partial charge in [-0.05, 0) is 24.3 Å². The number of para-hydroxylation sites is 2. The number of hydrogen-bond acceptors (Lipinski definition) is 5. The van der Waals surface area contributed by atoms with E-state index in [2.05, 4.69) is 0 Å². The number of rotatable bonds is 2. The van der Waals surface area contributed by atoms with E-state index < -0.39 is 5.78 Å². The Morgan fingerprint density at radius 2 is 1.22 bits per heavy atom. The van der Waals surface area contributed by atoms with Crippen molar-refractivity contribution in [3.05, 3.63) is 47.5 Å². The van der Waals surface area contributed by atoms with E-state index in [9.17, 15) is 15.0 Å². The monoisotopic (exact) mass is 244 g/mol. The summed E-state index contributed by atoms with van der Waals surface area (Å²) in [5, 5.41) is 19.5. The molecule has 0 bridgehead atoms. The van der Waals surface area contributed by atoms with Gasteiger partial charge in [0.25, 0.3) is 0 Å². The highest BCUT2D eigenvalue weighted by molar-refractivity contribution is 6.13. The summed E-state index contributed by atoms with van der Waals surface area (Å²) in [4.78, 5) is 12.2.